The summed E-state index contributed by atoms with van der Waals surface area (Å²) in [4.78, 5) is 0. The summed E-state index contributed by atoms with van der Waals surface area (Å²) in [5, 5.41) is 0. The van der Waals surface area contributed by atoms with Crippen molar-refractivity contribution in [2.24, 2.45) is 11.7 Å². The predicted molar refractivity (Wildman–Crippen MR) is 41.5 cm³/mol. The molecule has 0 bridgehead atoms. The monoisotopic (exact) mass is 193 g/mol. The molecule has 74 valence electrons. The molecule has 0 aromatic heterocycles. The fourth-order valence-corrected chi connectivity index (χ4v) is 1.03. The summed E-state index contributed by atoms with van der Waals surface area (Å²) >= 11 is 0. The van der Waals surface area contributed by atoms with Gasteiger partial charge < -0.3 is 10.5 Å². The second-order valence-corrected chi connectivity index (χ2v) is 2.74. The Morgan fingerprint density at radius 3 is 2.62 bits per heavy atom. The summed E-state index contributed by atoms with van der Waals surface area (Å²) in [6.07, 6.45) is 0.213. The van der Waals surface area contributed by atoms with E-state index in [1.807, 2.05) is 0 Å². The molecular formula is C8H10F3NO. The maximum absolute atomic E-state index is 11.7. The van der Waals surface area contributed by atoms with E-state index in [4.69, 9.17) is 5.73 Å². The third kappa shape index (κ3) is 3.50. The quantitative estimate of drug-likeness (QED) is 0.727. The van der Waals surface area contributed by atoms with E-state index in [-0.39, 0.29) is 11.7 Å². The van der Waals surface area contributed by atoms with E-state index in [2.05, 4.69) is 4.74 Å². The Hall–Kier alpha value is -0.970. The summed E-state index contributed by atoms with van der Waals surface area (Å²) in [7, 11) is 0. The molecule has 0 aromatic carbocycles. The van der Waals surface area contributed by atoms with Crippen LogP contribution in [0.3, 0.4) is 0 Å². The van der Waals surface area contributed by atoms with Crippen molar-refractivity contribution in [3.05, 3.63) is 24.0 Å². The van der Waals surface area contributed by atoms with E-state index in [1.165, 1.54) is 12.2 Å². The van der Waals surface area contributed by atoms with Crippen LogP contribution in [0.15, 0.2) is 24.0 Å². The number of nitrogens with two attached hydrogens (primary N) is 1. The molecule has 1 aliphatic rings. The van der Waals surface area contributed by atoms with Gasteiger partial charge in [0.05, 0.1) is 0 Å². The van der Waals surface area contributed by atoms with Gasteiger partial charge in [-0.05, 0) is 31.0 Å². The Kier molecular flexibility index (Phi) is 2.98. The van der Waals surface area contributed by atoms with Gasteiger partial charge in [-0.1, -0.05) is 6.08 Å². The molecule has 0 fully saturated rings. The standard InChI is InChI=1S/C8H10F3NO/c9-8(10,11)13-7-3-1-6(5-12)2-4-7/h1,3-4,6H,2,5,12H2. The number of alkyl halides is 3. The molecule has 0 aromatic rings. The molecule has 1 aliphatic carbocycles. The number of halogens is 3. The smallest absolute Gasteiger partial charge is 0.406 e. The summed E-state index contributed by atoms with van der Waals surface area (Å²) in [5.41, 5.74) is 5.33. The minimum Gasteiger partial charge on any atom is -0.406 e. The lowest BCUT2D eigenvalue weighted by Gasteiger charge is -2.15. The lowest BCUT2D eigenvalue weighted by atomic mass is 10.0. The largest absolute Gasteiger partial charge is 0.573 e. The Labute approximate surface area is 73.9 Å². The zero-order valence-corrected chi connectivity index (χ0v) is 6.84. The first-order valence-electron chi connectivity index (χ1n) is 3.85. The van der Waals surface area contributed by atoms with Gasteiger partial charge in [0, 0.05) is 0 Å². The van der Waals surface area contributed by atoms with Gasteiger partial charge in [-0.3, -0.25) is 0 Å². The van der Waals surface area contributed by atoms with Crippen LogP contribution in [-0.4, -0.2) is 12.9 Å². The average molecular weight is 193 g/mol. The Bertz CT molecular complexity index is 232. The van der Waals surface area contributed by atoms with Gasteiger partial charge in [-0.15, -0.1) is 13.2 Å². The van der Waals surface area contributed by atoms with Gasteiger partial charge in [0.25, 0.3) is 0 Å². The van der Waals surface area contributed by atoms with Crippen molar-refractivity contribution in [2.45, 2.75) is 12.8 Å². The van der Waals surface area contributed by atoms with Crippen LogP contribution in [0.1, 0.15) is 6.42 Å². The highest BCUT2D eigenvalue weighted by atomic mass is 19.4. The zero-order chi connectivity index (χ0) is 9.90. The number of hydrogen-bond donors (Lipinski definition) is 1. The topological polar surface area (TPSA) is 35.2 Å². The fourth-order valence-electron chi connectivity index (χ4n) is 1.03. The maximum atomic E-state index is 11.7. The van der Waals surface area contributed by atoms with E-state index in [9.17, 15) is 13.2 Å². The van der Waals surface area contributed by atoms with Crippen molar-refractivity contribution in [3.63, 3.8) is 0 Å². The highest BCUT2D eigenvalue weighted by molar-refractivity contribution is 5.18. The van der Waals surface area contributed by atoms with Gasteiger partial charge in [0.2, 0.25) is 0 Å². The molecule has 1 atom stereocenters. The van der Waals surface area contributed by atoms with Crippen molar-refractivity contribution in [2.75, 3.05) is 6.54 Å². The van der Waals surface area contributed by atoms with Crippen LogP contribution in [0.2, 0.25) is 0 Å². The molecule has 0 aliphatic heterocycles. The lowest BCUT2D eigenvalue weighted by molar-refractivity contribution is -0.303. The fraction of sp³-hybridized carbons (Fsp3) is 0.500. The summed E-state index contributed by atoms with van der Waals surface area (Å²) < 4.78 is 38.8. The van der Waals surface area contributed by atoms with Gasteiger partial charge in [-0.2, -0.15) is 0 Å². The minimum absolute atomic E-state index is 0.126. The van der Waals surface area contributed by atoms with Gasteiger partial charge in [0.15, 0.2) is 0 Å². The van der Waals surface area contributed by atoms with Crippen molar-refractivity contribution in [1.82, 2.24) is 0 Å². The molecule has 0 saturated heterocycles. The lowest BCUT2D eigenvalue weighted by Crippen LogP contribution is -2.16. The van der Waals surface area contributed by atoms with Crippen molar-refractivity contribution >= 4 is 0 Å². The molecule has 5 heteroatoms. The number of hydrogen-bond acceptors (Lipinski definition) is 2. The van der Waals surface area contributed by atoms with Crippen LogP contribution < -0.4 is 5.73 Å². The highest BCUT2D eigenvalue weighted by Gasteiger charge is 2.31. The van der Waals surface area contributed by atoms with Crippen LogP contribution in [0, 0.1) is 5.92 Å². The normalized spacial score (nSPS) is 22.8. The summed E-state index contributed by atoms with van der Waals surface area (Å²) in [6.45, 7) is 0.437. The first-order chi connectivity index (χ1) is 6.01. The highest BCUT2D eigenvalue weighted by Crippen LogP contribution is 2.24. The first kappa shape index (κ1) is 10.1. The summed E-state index contributed by atoms with van der Waals surface area (Å²) in [5.74, 6) is -0.0298. The average Bonchev–Trinajstić information content (AvgIpc) is 2.03. The second-order valence-electron chi connectivity index (χ2n) is 2.74. The van der Waals surface area contributed by atoms with E-state index in [0.29, 0.717) is 13.0 Å². The third-order valence-corrected chi connectivity index (χ3v) is 1.69. The molecule has 0 heterocycles. The van der Waals surface area contributed by atoms with Crippen molar-refractivity contribution in [3.8, 4) is 0 Å². The van der Waals surface area contributed by atoms with Crippen molar-refractivity contribution < 1.29 is 17.9 Å². The van der Waals surface area contributed by atoms with Crippen LogP contribution in [0.5, 0.6) is 0 Å². The SMILES string of the molecule is NCC1C=CC(OC(F)(F)F)=CC1. The predicted octanol–water partition coefficient (Wildman–Crippen LogP) is 1.94. The van der Waals surface area contributed by atoms with Crippen LogP contribution in [0.25, 0.3) is 0 Å². The van der Waals surface area contributed by atoms with E-state index < -0.39 is 6.36 Å². The van der Waals surface area contributed by atoms with E-state index >= 15 is 0 Å². The molecule has 0 spiro atoms. The summed E-state index contributed by atoms with van der Waals surface area (Å²) in [6, 6.07) is 0. The first-order valence-corrected chi connectivity index (χ1v) is 3.85. The molecule has 1 unspecified atom stereocenters. The van der Waals surface area contributed by atoms with Crippen molar-refractivity contribution in [1.29, 1.82) is 0 Å². The minimum atomic E-state index is -4.61. The Morgan fingerprint density at radius 2 is 2.23 bits per heavy atom. The maximum Gasteiger partial charge on any atom is 0.573 e. The molecule has 0 amide bonds. The van der Waals surface area contributed by atoms with E-state index in [1.54, 1.807) is 6.08 Å². The molecule has 0 saturated carbocycles. The zero-order valence-electron chi connectivity index (χ0n) is 6.84. The molecule has 13 heavy (non-hydrogen) atoms. The van der Waals surface area contributed by atoms with Gasteiger partial charge >= 0.3 is 6.36 Å². The van der Waals surface area contributed by atoms with Crippen LogP contribution in [-0.2, 0) is 4.74 Å². The molecular weight excluding hydrogens is 183 g/mol. The van der Waals surface area contributed by atoms with E-state index in [0.717, 1.165) is 0 Å². The molecule has 1 rings (SSSR count). The Balaban J connectivity index is 2.48. The second kappa shape index (κ2) is 3.83. The Morgan fingerprint density at radius 1 is 1.54 bits per heavy atom. The number of ether oxygens (including phenoxy) is 1. The molecule has 2 N–H and O–H groups in total. The van der Waals surface area contributed by atoms with Gasteiger partial charge in [-0.25, -0.2) is 0 Å². The third-order valence-electron chi connectivity index (χ3n) is 1.69. The van der Waals surface area contributed by atoms with Gasteiger partial charge in [0.1, 0.15) is 5.76 Å². The van der Waals surface area contributed by atoms with Crippen LogP contribution in [0.4, 0.5) is 13.2 Å². The molecule has 0 radical (unpaired) electrons. The number of rotatable bonds is 2. The van der Waals surface area contributed by atoms with Crippen LogP contribution >= 0.6 is 0 Å². The number of allylic oxidation sites excluding steroid dienone is 2. The molecule has 2 nitrogen and oxygen atoms in total.